The van der Waals surface area contributed by atoms with Gasteiger partial charge >= 0.3 is 0 Å². The molecule has 0 bridgehead atoms. The number of imidazole rings is 1. The highest BCUT2D eigenvalue weighted by atomic mass is 35.5. The van der Waals surface area contributed by atoms with Crippen molar-refractivity contribution in [3.05, 3.63) is 82.4 Å². The molecule has 1 saturated heterocycles. The van der Waals surface area contributed by atoms with Crippen LogP contribution >= 0.6 is 23.2 Å². The number of hydrogen-bond acceptors (Lipinski definition) is 6. The Morgan fingerprint density at radius 3 is 2.68 bits per heavy atom. The largest absolute Gasteiger partial charge is 0.347 e. The summed E-state index contributed by atoms with van der Waals surface area (Å²) in [7, 11) is -3.86. The summed E-state index contributed by atoms with van der Waals surface area (Å²) in [6.07, 6.45) is 6.48. The van der Waals surface area contributed by atoms with Crippen LogP contribution in [-0.4, -0.2) is 37.0 Å². The fourth-order valence-corrected chi connectivity index (χ4v) is 5.16. The molecule has 0 aliphatic carbocycles. The van der Waals surface area contributed by atoms with Gasteiger partial charge in [-0.25, -0.2) is 4.98 Å². The maximum atomic E-state index is 12.5. The summed E-state index contributed by atoms with van der Waals surface area (Å²) >= 11 is 12.4. The molecule has 0 N–H and O–H groups in total. The van der Waals surface area contributed by atoms with Gasteiger partial charge in [0.15, 0.2) is 6.29 Å². The van der Waals surface area contributed by atoms with Crippen LogP contribution in [-0.2, 0) is 30.2 Å². The van der Waals surface area contributed by atoms with Gasteiger partial charge < -0.3 is 14.0 Å². The average Bonchev–Trinajstić information content (AvgIpc) is 3.35. The van der Waals surface area contributed by atoms with E-state index in [2.05, 4.69) is 4.98 Å². The van der Waals surface area contributed by atoms with Gasteiger partial charge in [-0.3, -0.25) is 4.18 Å². The summed E-state index contributed by atoms with van der Waals surface area (Å²) in [5.74, 6) is 0. The molecule has 1 aliphatic rings. The van der Waals surface area contributed by atoms with Crippen molar-refractivity contribution >= 4 is 33.3 Å². The maximum Gasteiger partial charge on any atom is 0.297 e. The van der Waals surface area contributed by atoms with Crippen LogP contribution in [0.5, 0.6) is 0 Å². The van der Waals surface area contributed by atoms with Gasteiger partial charge in [-0.05, 0) is 56.0 Å². The topological polar surface area (TPSA) is 79.7 Å². The van der Waals surface area contributed by atoms with Crippen molar-refractivity contribution in [1.82, 2.24) is 9.55 Å². The summed E-state index contributed by atoms with van der Waals surface area (Å²) in [6, 6.07) is 11.9. The second kappa shape index (κ2) is 11.2. The fraction of sp³-hybridized carbons (Fsp3) is 0.375. The van der Waals surface area contributed by atoms with Gasteiger partial charge in [0.1, 0.15) is 6.23 Å². The van der Waals surface area contributed by atoms with Crippen LogP contribution in [0.1, 0.15) is 36.6 Å². The van der Waals surface area contributed by atoms with Gasteiger partial charge in [0, 0.05) is 28.9 Å². The summed E-state index contributed by atoms with van der Waals surface area (Å²) in [5, 5.41) is 1.12. The van der Waals surface area contributed by atoms with Crippen molar-refractivity contribution in [3.8, 4) is 0 Å². The molecule has 0 amide bonds. The Bertz CT molecular complexity index is 1190. The Balaban J connectivity index is 1.39. The number of aryl methyl sites for hydroxylation is 1. The summed E-state index contributed by atoms with van der Waals surface area (Å²) in [6.45, 7) is 1.82. The molecule has 1 aliphatic heterocycles. The fourth-order valence-electron chi connectivity index (χ4n) is 3.74. The molecule has 3 unspecified atom stereocenters. The highest BCUT2D eigenvalue weighted by Crippen LogP contribution is 2.29. The van der Waals surface area contributed by atoms with Gasteiger partial charge in [0.25, 0.3) is 10.1 Å². The Kier molecular flexibility index (Phi) is 8.29. The number of halogens is 2. The molecule has 3 aromatic rings. The van der Waals surface area contributed by atoms with Crippen molar-refractivity contribution in [1.29, 1.82) is 0 Å². The first-order chi connectivity index (χ1) is 16.3. The zero-order valence-corrected chi connectivity index (χ0v) is 21.0. The van der Waals surface area contributed by atoms with E-state index in [9.17, 15) is 8.42 Å². The number of benzene rings is 2. The molecular weight excluding hydrogens is 499 g/mol. The lowest BCUT2D eigenvalue weighted by Gasteiger charge is -2.32. The zero-order chi connectivity index (χ0) is 24.1. The van der Waals surface area contributed by atoms with Crippen molar-refractivity contribution in [2.45, 2.75) is 56.1 Å². The lowest BCUT2D eigenvalue weighted by atomic mass is 10.1. The molecule has 7 nitrogen and oxygen atoms in total. The number of rotatable bonds is 9. The highest BCUT2D eigenvalue weighted by molar-refractivity contribution is 7.86. The predicted octanol–water partition coefficient (Wildman–Crippen LogP) is 5.56. The first-order valence-corrected chi connectivity index (χ1v) is 13.1. The lowest BCUT2D eigenvalue weighted by Crippen LogP contribution is -2.35. The molecule has 4 rings (SSSR count). The smallest absolute Gasteiger partial charge is 0.297 e. The molecule has 3 atom stereocenters. The van der Waals surface area contributed by atoms with Crippen LogP contribution in [0.3, 0.4) is 0 Å². The van der Waals surface area contributed by atoms with Gasteiger partial charge in [-0.15, -0.1) is 0 Å². The van der Waals surface area contributed by atoms with Crippen LogP contribution in [0.25, 0.3) is 0 Å². The van der Waals surface area contributed by atoms with Crippen molar-refractivity contribution in [3.63, 3.8) is 0 Å². The molecule has 34 heavy (non-hydrogen) atoms. The molecule has 0 spiro atoms. The molecule has 0 radical (unpaired) electrons. The van der Waals surface area contributed by atoms with Gasteiger partial charge in [0.2, 0.25) is 0 Å². The average molecular weight is 525 g/mol. The minimum atomic E-state index is -3.86. The molecule has 2 aromatic carbocycles. The molecule has 2 heterocycles. The zero-order valence-electron chi connectivity index (χ0n) is 18.6. The van der Waals surface area contributed by atoms with Crippen molar-refractivity contribution < 1.29 is 22.1 Å². The standard InChI is InChI=1S/C24H26Cl2N2O5S/c1-17-5-9-21(10-6-17)34(29,30)31-15-20-3-2-4-24(32-20)33-23(28-12-11-27-16-28)13-18-7-8-19(25)14-22(18)26/h5-12,14,16,20,23-24H,2-4,13,15H2,1H3. The minimum Gasteiger partial charge on any atom is -0.347 e. The minimum absolute atomic E-state index is 0.0746. The van der Waals surface area contributed by atoms with E-state index < -0.39 is 28.7 Å². The van der Waals surface area contributed by atoms with Crippen molar-refractivity contribution in [2.75, 3.05) is 6.61 Å². The molecular formula is C24H26Cl2N2O5S. The normalized spacial score (nSPS) is 19.7. The van der Waals surface area contributed by atoms with E-state index >= 15 is 0 Å². The number of aromatic nitrogens is 2. The van der Waals surface area contributed by atoms with Gasteiger partial charge in [0.05, 0.1) is 23.9 Å². The molecule has 10 heteroatoms. The number of ether oxygens (including phenoxy) is 2. The van der Waals surface area contributed by atoms with Crippen LogP contribution in [0.2, 0.25) is 10.0 Å². The number of nitrogens with zero attached hydrogens (tertiary/aromatic N) is 2. The van der Waals surface area contributed by atoms with E-state index in [1.807, 2.05) is 23.8 Å². The lowest BCUT2D eigenvalue weighted by molar-refractivity contribution is -0.233. The van der Waals surface area contributed by atoms with E-state index in [4.69, 9.17) is 36.9 Å². The van der Waals surface area contributed by atoms with E-state index in [0.717, 1.165) is 17.5 Å². The maximum absolute atomic E-state index is 12.5. The van der Waals surface area contributed by atoms with E-state index in [0.29, 0.717) is 29.3 Å². The summed E-state index contributed by atoms with van der Waals surface area (Å²) in [5.41, 5.74) is 1.85. The summed E-state index contributed by atoms with van der Waals surface area (Å²) in [4.78, 5) is 4.25. The number of hydrogen-bond donors (Lipinski definition) is 0. The van der Waals surface area contributed by atoms with Crippen LogP contribution < -0.4 is 0 Å². The monoisotopic (exact) mass is 524 g/mol. The third kappa shape index (κ3) is 6.59. The second-order valence-electron chi connectivity index (χ2n) is 8.21. The SMILES string of the molecule is Cc1ccc(S(=O)(=O)OCC2CCCC(OC(Cc3ccc(Cl)cc3Cl)n3ccnc3)O2)cc1. The molecule has 182 valence electrons. The van der Waals surface area contributed by atoms with E-state index in [1.54, 1.807) is 36.8 Å². The van der Waals surface area contributed by atoms with Crippen LogP contribution in [0, 0.1) is 6.92 Å². The highest BCUT2D eigenvalue weighted by Gasteiger charge is 2.28. The van der Waals surface area contributed by atoms with Gasteiger partial charge in [-0.1, -0.05) is 47.0 Å². The quantitative estimate of drug-likeness (QED) is 0.341. The Morgan fingerprint density at radius 1 is 1.18 bits per heavy atom. The van der Waals surface area contributed by atoms with E-state index in [1.165, 1.54) is 12.1 Å². The predicted molar refractivity (Wildman–Crippen MR) is 129 cm³/mol. The first kappa shape index (κ1) is 25.2. The third-order valence-electron chi connectivity index (χ3n) is 5.60. The van der Waals surface area contributed by atoms with E-state index in [-0.39, 0.29) is 11.5 Å². The second-order valence-corrected chi connectivity index (χ2v) is 10.7. The Labute approximate surface area is 209 Å². The third-order valence-corrected chi connectivity index (χ3v) is 7.49. The molecule has 0 saturated carbocycles. The van der Waals surface area contributed by atoms with Crippen molar-refractivity contribution in [2.24, 2.45) is 0 Å². The Morgan fingerprint density at radius 2 is 1.97 bits per heavy atom. The van der Waals surface area contributed by atoms with Gasteiger partial charge in [-0.2, -0.15) is 8.42 Å². The molecule has 1 aromatic heterocycles. The van der Waals surface area contributed by atoms with Crippen LogP contribution in [0.15, 0.2) is 66.1 Å². The first-order valence-electron chi connectivity index (χ1n) is 11.0. The van der Waals surface area contributed by atoms with Crippen LogP contribution in [0.4, 0.5) is 0 Å². The molecule has 1 fully saturated rings. The summed E-state index contributed by atoms with van der Waals surface area (Å²) < 4.78 is 44.5. The Hall–Kier alpha value is -1.94.